The first-order valence-corrected chi connectivity index (χ1v) is 11.6. The van der Waals surface area contributed by atoms with Crippen LogP contribution in [0.4, 0.5) is 13.2 Å². The molecule has 0 aliphatic carbocycles. The van der Waals surface area contributed by atoms with Crippen molar-refractivity contribution in [2.24, 2.45) is 0 Å². The number of rotatable bonds is 3. The number of likely N-dealkylation sites (tertiary alicyclic amines) is 1. The van der Waals surface area contributed by atoms with Gasteiger partial charge < -0.3 is 14.8 Å². The Hall–Kier alpha value is -2.85. The summed E-state index contributed by atoms with van der Waals surface area (Å²) in [7, 11) is 0. The Morgan fingerprint density at radius 1 is 1.03 bits per heavy atom. The molecule has 174 valence electrons. The maximum atomic E-state index is 13.1. The molecule has 2 fully saturated rings. The zero-order chi connectivity index (χ0) is 23.3. The molecular formula is C23H23F3N4O2S. The molecule has 6 nitrogen and oxygen atoms in total. The van der Waals surface area contributed by atoms with Crippen molar-refractivity contribution < 1.29 is 22.8 Å². The number of nitrogens with zero attached hydrogens (tertiary/aromatic N) is 3. The van der Waals surface area contributed by atoms with Crippen LogP contribution in [-0.2, 0) is 6.18 Å². The summed E-state index contributed by atoms with van der Waals surface area (Å²) in [6.07, 6.45) is -0.982. The van der Waals surface area contributed by atoms with Gasteiger partial charge in [-0.25, -0.2) is 0 Å². The van der Waals surface area contributed by atoms with Crippen molar-refractivity contribution in [3.8, 4) is 0 Å². The highest BCUT2D eigenvalue weighted by Crippen LogP contribution is 2.37. The van der Waals surface area contributed by atoms with Crippen LogP contribution in [0, 0.1) is 6.92 Å². The lowest BCUT2D eigenvalue weighted by Gasteiger charge is -2.48. The van der Waals surface area contributed by atoms with Crippen molar-refractivity contribution >= 4 is 33.2 Å². The first kappa shape index (κ1) is 22.0. The molecule has 3 aromatic rings. The molecule has 5 rings (SSSR count). The standard InChI is InChI=1S/C23H23F3N4O2S/c1-14-18-3-2-16(23(24,25)26)10-19(18)33-20(14)22(32)29-8-6-28(7-9-29)17-12-30(13-17)21(31)15-4-5-27-11-15/h2-5,10-11,17,27H,6-9,12-13H2,1H3. The number of nitrogens with one attached hydrogen (secondary N) is 1. The van der Waals surface area contributed by atoms with Crippen LogP contribution >= 0.6 is 11.3 Å². The molecule has 2 aliphatic heterocycles. The van der Waals surface area contributed by atoms with Gasteiger partial charge >= 0.3 is 6.18 Å². The predicted octanol–water partition coefficient (Wildman–Crippen LogP) is 3.84. The van der Waals surface area contributed by atoms with Crippen molar-refractivity contribution in [3.63, 3.8) is 0 Å². The predicted molar refractivity (Wildman–Crippen MR) is 120 cm³/mol. The molecule has 2 aromatic heterocycles. The molecule has 10 heteroatoms. The largest absolute Gasteiger partial charge is 0.416 e. The molecular weight excluding hydrogens is 453 g/mol. The van der Waals surface area contributed by atoms with E-state index in [9.17, 15) is 22.8 Å². The Morgan fingerprint density at radius 2 is 1.76 bits per heavy atom. The first-order chi connectivity index (χ1) is 15.7. The van der Waals surface area contributed by atoms with Gasteiger partial charge in [0.1, 0.15) is 0 Å². The zero-order valence-electron chi connectivity index (χ0n) is 18.0. The van der Waals surface area contributed by atoms with Gasteiger partial charge in [0.15, 0.2) is 0 Å². The minimum atomic E-state index is -4.41. The number of H-pyrrole nitrogens is 1. The van der Waals surface area contributed by atoms with Gasteiger partial charge in [0.25, 0.3) is 11.8 Å². The third-order valence-corrected chi connectivity index (χ3v) is 7.81. The number of hydrogen-bond donors (Lipinski definition) is 1. The molecule has 0 bridgehead atoms. The van der Waals surface area contributed by atoms with E-state index in [1.807, 2.05) is 4.90 Å². The van der Waals surface area contributed by atoms with E-state index in [1.54, 1.807) is 30.3 Å². The summed E-state index contributed by atoms with van der Waals surface area (Å²) < 4.78 is 39.6. The van der Waals surface area contributed by atoms with E-state index < -0.39 is 11.7 Å². The molecule has 2 amide bonds. The van der Waals surface area contributed by atoms with E-state index in [4.69, 9.17) is 0 Å². The highest BCUT2D eigenvalue weighted by molar-refractivity contribution is 7.21. The average molecular weight is 477 g/mol. The lowest BCUT2D eigenvalue weighted by molar-refractivity contribution is -0.137. The summed E-state index contributed by atoms with van der Waals surface area (Å²) in [5.74, 6) is -0.102. The number of fused-ring (bicyclic) bond motifs is 1. The van der Waals surface area contributed by atoms with Crippen molar-refractivity contribution in [1.29, 1.82) is 0 Å². The van der Waals surface area contributed by atoms with E-state index in [1.165, 1.54) is 6.07 Å². The summed E-state index contributed by atoms with van der Waals surface area (Å²) in [6, 6.07) is 5.70. The van der Waals surface area contributed by atoms with Crippen LogP contribution in [0.25, 0.3) is 10.1 Å². The number of amides is 2. The van der Waals surface area contributed by atoms with Gasteiger partial charge in [-0.15, -0.1) is 11.3 Å². The minimum Gasteiger partial charge on any atom is -0.367 e. The van der Waals surface area contributed by atoms with Crippen LogP contribution in [0.5, 0.6) is 0 Å². The molecule has 33 heavy (non-hydrogen) atoms. The maximum absolute atomic E-state index is 13.1. The number of piperazine rings is 1. The number of carbonyl (C=O) groups is 2. The summed E-state index contributed by atoms with van der Waals surface area (Å²) in [5.41, 5.74) is 0.687. The Bertz CT molecular complexity index is 1190. The number of aromatic nitrogens is 1. The fourth-order valence-electron chi connectivity index (χ4n) is 4.53. The van der Waals surface area contributed by atoms with Gasteiger partial charge in [0, 0.05) is 62.4 Å². The summed E-state index contributed by atoms with van der Waals surface area (Å²) >= 11 is 1.13. The van der Waals surface area contributed by atoms with Gasteiger partial charge in [-0.1, -0.05) is 6.07 Å². The van der Waals surface area contributed by atoms with Crippen LogP contribution in [-0.4, -0.2) is 76.8 Å². The lowest BCUT2D eigenvalue weighted by Crippen LogP contribution is -2.64. The van der Waals surface area contributed by atoms with Crippen LogP contribution in [0.2, 0.25) is 0 Å². The molecule has 0 saturated carbocycles. The third-order valence-electron chi connectivity index (χ3n) is 6.57. The Labute approximate surface area is 192 Å². The van der Waals surface area contributed by atoms with E-state index in [-0.39, 0.29) is 17.9 Å². The Balaban J connectivity index is 1.20. The van der Waals surface area contributed by atoms with Crippen LogP contribution in [0.1, 0.15) is 31.2 Å². The molecule has 4 heterocycles. The Kier molecular flexibility index (Phi) is 5.44. The molecule has 1 aromatic carbocycles. The number of halogens is 3. The van der Waals surface area contributed by atoms with Crippen molar-refractivity contribution in [1.82, 2.24) is 19.7 Å². The first-order valence-electron chi connectivity index (χ1n) is 10.8. The van der Waals surface area contributed by atoms with Crippen LogP contribution in [0.15, 0.2) is 36.7 Å². The van der Waals surface area contributed by atoms with E-state index >= 15 is 0 Å². The lowest BCUT2D eigenvalue weighted by atomic mass is 10.0. The number of carbonyl (C=O) groups excluding carboxylic acids is 2. The molecule has 1 N–H and O–H groups in total. The fourth-order valence-corrected chi connectivity index (χ4v) is 5.75. The van der Waals surface area contributed by atoms with Crippen LogP contribution in [0.3, 0.4) is 0 Å². The number of aromatic amines is 1. The number of benzene rings is 1. The van der Waals surface area contributed by atoms with Gasteiger partial charge in [-0.3, -0.25) is 14.5 Å². The summed E-state index contributed by atoms with van der Waals surface area (Å²) in [5, 5.41) is 0.691. The molecule has 0 unspecified atom stereocenters. The van der Waals surface area contributed by atoms with E-state index in [0.29, 0.717) is 59.8 Å². The Morgan fingerprint density at radius 3 is 2.39 bits per heavy atom. The number of aryl methyl sites for hydroxylation is 1. The second kappa shape index (κ2) is 8.18. The van der Waals surface area contributed by atoms with Gasteiger partial charge in [-0.05, 0) is 36.1 Å². The quantitative estimate of drug-likeness (QED) is 0.625. The minimum absolute atomic E-state index is 0.0234. The van der Waals surface area contributed by atoms with Crippen molar-refractivity contribution in [2.45, 2.75) is 19.1 Å². The highest BCUT2D eigenvalue weighted by Gasteiger charge is 2.37. The SMILES string of the molecule is Cc1c(C(=O)N2CCN(C3CN(C(=O)c4cc[nH]c4)C3)CC2)sc2cc(C(F)(F)F)ccc12. The average Bonchev–Trinajstić information content (AvgIpc) is 3.40. The second-order valence-electron chi connectivity index (χ2n) is 8.56. The normalized spacial score (nSPS) is 18.1. The maximum Gasteiger partial charge on any atom is 0.416 e. The van der Waals surface area contributed by atoms with E-state index in [2.05, 4.69) is 9.88 Å². The monoisotopic (exact) mass is 476 g/mol. The smallest absolute Gasteiger partial charge is 0.367 e. The molecule has 2 saturated heterocycles. The molecule has 0 spiro atoms. The second-order valence-corrected chi connectivity index (χ2v) is 9.61. The van der Waals surface area contributed by atoms with E-state index in [0.717, 1.165) is 29.0 Å². The highest BCUT2D eigenvalue weighted by atomic mass is 32.1. The number of hydrogen-bond acceptors (Lipinski definition) is 4. The van der Waals surface area contributed by atoms with Gasteiger partial charge in [-0.2, -0.15) is 13.2 Å². The van der Waals surface area contributed by atoms with Gasteiger partial charge in [0.2, 0.25) is 0 Å². The zero-order valence-corrected chi connectivity index (χ0v) is 18.8. The summed E-state index contributed by atoms with van der Waals surface area (Å²) in [4.78, 5) is 34.8. The topological polar surface area (TPSA) is 59.7 Å². The molecule has 2 aliphatic rings. The van der Waals surface area contributed by atoms with Crippen molar-refractivity contribution in [2.75, 3.05) is 39.3 Å². The molecule has 0 atom stereocenters. The summed E-state index contributed by atoms with van der Waals surface area (Å²) in [6.45, 7) is 5.69. The molecule has 0 radical (unpaired) electrons. The fraction of sp³-hybridized carbons (Fsp3) is 0.391. The van der Waals surface area contributed by atoms with Crippen LogP contribution < -0.4 is 0 Å². The third kappa shape index (κ3) is 4.02. The van der Waals surface area contributed by atoms with Gasteiger partial charge in [0.05, 0.1) is 16.0 Å². The number of thiophene rings is 1. The van der Waals surface area contributed by atoms with Crippen molar-refractivity contribution in [3.05, 3.63) is 58.2 Å². The number of alkyl halides is 3.